The molecule has 13 heavy (non-hydrogen) atoms. The number of nitrogens with zero attached hydrogens (tertiary/aromatic N) is 1. The first kappa shape index (κ1) is 9.47. The average Bonchev–Trinajstić information content (AvgIpc) is 2.75. The smallest absolute Gasteiger partial charge is 0.0301 e. The molecule has 0 aromatic rings. The van der Waals surface area contributed by atoms with Crippen LogP contribution in [0.2, 0.25) is 0 Å². The summed E-state index contributed by atoms with van der Waals surface area (Å²) in [4.78, 5) is 2.62. The van der Waals surface area contributed by atoms with E-state index >= 15 is 0 Å². The van der Waals surface area contributed by atoms with Crippen LogP contribution >= 0.6 is 0 Å². The van der Waals surface area contributed by atoms with Crippen molar-refractivity contribution >= 4 is 0 Å². The maximum Gasteiger partial charge on any atom is 0.0301 e. The van der Waals surface area contributed by atoms with Crippen LogP contribution in [0.5, 0.6) is 0 Å². The van der Waals surface area contributed by atoms with Crippen molar-refractivity contribution in [2.24, 2.45) is 11.1 Å². The van der Waals surface area contributed by atoms with Gasteiger partial charge < -0.3 is 5.73 Å². The zero-order chi connectivity index (χ0) is 9.53. The minimum Gasteiger partial charge on any atom is -0.329 e. The Balaban J connectivity index is 2.00. The van der Waals surface area contributed by atoms with Crippen LogP contribution in [0.25, 0.3) is 0 Å². The van der Waals surface area contributed by atoms with Crippen molar-refractivity contribution in [3.8, 4) is 0 Å². The maximum absolute atomic E-state index is 5.86. The molecule has 0 radical (unpaired) electrons. The van der Waals surface area contributed by atoms with Crippen molar-refractivity contribution in [2.75, 3.05) is 19.6 Å². The molecule has 0 aromatic carbocycles. The highest BCUT2D eigenvalue weighted by Crippen LogP contribution is 2.53. The summed E-state index contributed by atoms with van der Waals surface area (Å²) in [5, 5.41) is 0. The normalized spacial score (nSPS) is 30.7. The van der Waals surface area contributed by atoms with Gasteiger partial charge in [-0.15, -0.1) is 0 Å². The second-order valence-corrected chi connectivity index (χ2v) is 5.23. The Kier molecular flexibility index (Phi) is 2.16. The van der Waals surface area contributed by atoms with Gasteiger partial charge in [0.15, 0.2) is 0 Å². The molecule has 0 amide bonds. The topological polar surface area (TPSA) is 29.3 Å². The Bertz CT molecular complexity index is 192. The van der Waals surface area contributed by atoms with Crippen molar-refractivity contribution in [3.63, 3.8) is 0 Å². The first-order valence-corrected chi connectivity index (χ1v) is 5.59. The van der Waals surface area contributed by atoms with Gasteiger partial charge in [-0.1, -0.05) is 6.92 Å². The van der Waals surface area contributed by atoms with Gasteiger partial charge >= 0.3 is 0 Å². The Labute approximate surface area is 81.5 Å². The third-order valence-corrected chi connectivity index (χ3v) is 4.36. The van der Waals surface area contributed by atoms with Crippen LogP contribution in [0, 0.1) is 5.41 Å². The summed E-state index contributed by atoms with van der Waals surface area (Å²) in [6.45, 7) is 7.97. The van der Waals surface area contributed by atoms with Gasteiger partial charge in [-0.2, -0.15) is 0 Å². The van der Waals surface area contributed by atoms with Crippen LogP contribution in [0.15, 0.2) is 0 Å². The van der Waals surface area contributed by atoms with Gasteiger partial charge in [0.1, 0.15) is 0 Å². The Morgan fingerprint density at radius 3 is 2.46 bits per heavy atom. The Hall–Kier alpha value is -0.0800. The van der Waals surface area contributed by atoms with Gasteiger partial charge in [0, 0.05) is 18.6 Å². The standard InChI is InChI=1S/C11H22N2/c1-3-10(2,8-12)13-7-6-11(9-13)4-5-11/h3-9,12H2,1-2H3. The molecule has 1 aliphatic carbocycles. The van der Waals surface area contributed by atoms with Crippen LogP contribution in [-0.2, 0) is 0 Å². The van der Waals surface area contributed by atoms with E-state index in [-0.39, 0.29) is 5.54 Å². The quantitative estimate of drug-likeness (QED) is 0.718. The molecule has 2 fully saturated rings. The summed E-state index contributed by atoms with van der Waals surface area (Å²) in [6, 6.07) is 0. The fourth-order valence-corrected chi connectivity index (χ4v) is 2.48. The molecule has 2 rings (SSSR count). The molecule has 0 bridgehead atoms. The minimum absolute atomic E-state index is 0.270. The summed E-state index contributed by atoms with van der Waals surface area (Å²) in [7, 11) is 0. The SMILES string of the molecule is CCC(C)(CN)N1CCC2(CC2)C1. The van der Waals surface area contributed by atoms with Crippen LogP contribution in [0.4, 0.5) is 0 Å². The highest BCUT2D eigenvalue weighted by Gasteiger charge is 2.50. The van der Waals surface area contributed by atoms with E-state index in [1.807, 2.05) is 0 Å². The van der Waals surface area contributed by atoms with Gasteiger partial charge in [0.2, 0.25) is 0 Å². The molecule has 1 aliphatic heterocycles. The third kappa shape index (κ3) is 1.50. The highest BCUT2D eigenvalue weighted by atomic mass is 15.2. The molecule has 2 N–H and O–H groups in total. The van der Waals surface area contributed by atoms with Crippen molar-refractivity contribution in [3.05, 3.63) is 0 Å². The van der Waals surface area contributed by atoms with E-state index in [4.69, 9.17) is 5.73 Å². The van der Waals surface area contributed by atoms with E-state index in [0.717, 1.165) is 12.0 Å². The zero-order valence-electron chi connectivity index (χ0n) is 8.97. The summed E-state index contributed by atoms with van der Waals surface area (Å²) in [5.41, 5.74) is 6.88. The van der Waals surface area contributed by atoms with E-state index in [9.17, 15) is 0 Å². The second-order valence-electron chi connectivity index (χ2n) is 5.23. The largest absolute Gasteiger partial charge is 0.329 e. The lowest BCUT2D eigenvalue weighted by atomic mass is 9.97. The molecule has 2 nitrogen and oxygen atoms in total. The Morgan fingerprint density at radius 1 is 1.38 bits per heavy atom. The lowest BCUT2D eigenvalue weighted by Gasteiger charge is -2.37. The lowest BCUT2D eigenvalue weighted by molar-refractivity contribution is 0.131. The fraction of sp³-hybridized carbons (Fsp3) is 1.00. The lowest BCUT2D eigenvalue weighted by Crippen LogP contribution is -2.50. The van der Waals surface area contributed by atoms with Gasteiger partial charge in [0.25, 0.3) is 0 Å². The van der Waals surface area contributed by atoms with Crippen LogP contribution in [-0.4, -0.2) is 30.1 Å². The molecule has 0 aromatic heterocycles. The predicted molar refractivity (Wildman–Crippen MR) is 55.6 cm³/mol. The van der Waals surface area contributed by atoms with Crippen LogP contribution in [0.3, 0.4) is 0 Å². The number of hydrogen-bond acceptors (Lipinski definition) is 2. The second kappa shape index (κ2) is 2.96. The average molecular weight is 182 g/mol. The first-order valence-electron chi connectivity index (χ1n) is 5.59. The summed E-state index contributed by atoms with van der Waals surface area (Å²) < 4.78 is 0. The summed E-state index contributed by atoms with van der Waals surface area (Å²) in [5.74, 6) is 0. The van der Waals surface area contributed by atoms with E-state index in [1.165, 1.54) is 38.8 Å². The molecule has 76 valence electrons. The van der Waals surface area contributed by atoms with E-state index in [2.05, 4.69) is 18.7 Å². The van der Waals surface area contributed by atoms with Gasteiger partial charge in [-0.3, -0.25) is 4.90 Å². The minimum atomic E-state index is 0.270. The number of rotatable bonds is 3. The van der Waals surface area contributed by atoms with Crippen LogP contribution < -0.4 is 5.73 Å². The van der Waals surface area contributed by atoms with Crippen molar-refractivity contribution in [2.45, 2.75) is 45.1 Å². The van der Waals surface area contributed by atoms with Crippen molar-refractivity contribution in [1.29, 1.82) is 0 Å². The zero-order valence-corrected chi connectivity index (χ0v) is 8.97. The number of likely N-dealkylation sites (tertiary alicyclic amines) is 1. The molecule has 1 saturated carbocycles. The van der Waals surface area contributed by atoms with Gasteiger partial charge in [-0.25, -0.2) is 0 Å². The molecule has 1 spiro atoms. The molecule has 1 saturated heterocycles. The number of nitrogens with two attached hydrogens (primary N) is 1. The molecule has 1 atom stereocenters. The van der Waals surface area contributed by atoms with Gasteiger partial charge in [-0.05, 0) is 44.6 Å². The molecule has 1 unspecified atom stereocenters. The first-order chi connectivity index (χ1) is 6.14. The van der Waals surface area contributed by atoms with E-state index in [1.54, 1.807) is 0 Å². The van der Waals surface area contributed by atoms with E-state index in [0.29, 0.717) is 0 Å². The predicted octanol–water partition coefficient (Wildman–Crippen LogP) is 1.60. The highest BCUT2D eigenvalue weighted by molar-refractivity contribution is 5.04. The fourth-order valence-electron chi connectivity index (χ4n) is 2.48. The molecular weight excluding hydrogens is 160 g/mol. The molecule has 2 aliphatic rings. The summed E-state index contributed by atoms with van der Waals surface area (Å²) in [6.07, 6.45) is 5.53. The van der Waals surface area contributed by atoms with E-state index < -0.39 is 0 Å². The van der Waals surface area contributed by atoms with Crippen molar-refractivity contribution in [1.82, 2.24) is 4.90 Å². The van der Waals surface area contributed by atoms with Crippen LogP contribution in [0.1, 0.15) is 39.5 Å². The van der Waals surface area contributed by atoms with Gasteiger partial charge in [0.05, 0.1) is 0 Å². The third-order valence-electron chi connectivity index (χ3n) is 4.36. The van der Waals surface area contributed by atoms with Crippen molar-refractivity contribution < 1.29 is 0 Å². The number of hydrogen-bond donors (Lipinski definition) is 1. The molecule has 1 heterocycles. The maximum atomic E-state index is 5.86. The molecular formula is C11H22N2. The summed E-state index contributed by atoms with van der Waals surface area (Å²) >= 11 is 0. The Morgan fingerprint density at radius 2 is 2.08 bits per heavy atom. The monoisotopic (exact) mass is 182 g/mol. The molecule has 2 heteroatoms.